The van der Waals surface area contributed by atoms with Crippen molar-refractivity contribution < 1.29 is 9.21 Å². The van der Waals surface area contributed by atoms with E-state index in [0.29, 0.717) is 24.8 Å². The number of hydrogen-bond acceptors (Lipinski definition) is 3. The van der Waals surface area contributed by atoms with E-state index in [1.807, 2.05) is 6.92 Å². The first kappa shape index (κ1) is 12.8. The van der Waals surface area contributed by atoms with E-state index in [-0.39, 0.29) is 5.91 Å². The maximum Gasteiger partial charge on any atom is 0.287 e. The first-order chi connectivity index (χ1) is 7.67. The van der Waals surface area contributed by atoms with Crippen LogP contribution in [0.5, 0.6) is 0 Å². The summed E-state index contributed by atoms with van der Waals surface area (Å²) in [5.74, 6) is 1.42. The monoisotopic (exact) mass is 224 g/mol. The number of nitrogens with one attached hydrogen (secondary N) is 1. The molecule has 4 heteroatoms. The van der Waals surface area contributed by atoms with Gasteiger partial charge in [0.15, 0.2) is 5.76 Å². The highest BCUT2D eigenvalue weighted by Gasteiger charge is 2.12. The van der Waals surface area contributed by atoms with Gasteiger partial charge in [0.05, 0.1) is 0 Å². The lowest BCUT2D eigenvalue weighted by Crippen LogP contribution is -2.29. The molecule has 90 valence electrons. The molecule has 1 atom stereocenters. The van der Waals surface area contributed by atoms with Crippen LogP contribution in [0.3, 0.4) is 0 Å². The molecule has 1 rings (SSSR count). The molecule has 0 spiro atoms. The van der Waals surface area contributed by atoms with Gasteiger partial charge in [0, 0.05) is 6.54 Å². The lowest BCUT2D eigenvalue weighted by atomic mass is 10.0. The van der Waals surface area contributed by atoms with Crippen LogP contribution < -0.4 is 11.1 Å². The smallest absolute Gasteiger partial charge is 0.287 e. The third-order valence-electron chi connectivity index (χ3n) is 2.67. The highest BCUT2D eigenvalue weighted by atomic mass is 16.3. The van der Waals surface area contributed by atoms with E-state index in [4.69, 9.17) is 10.2 Å². The van der Waals surface area contributed by atoms with Crippen molar-refractivity contribution in [1.29, 1.82) is 0 Å². The molecule has 0 aliphatic heterocycles. The zero-order valence-electron chi connectivity index (χ0n) is 9.95. The molecule has 0 saturated carbocycles. The molecule has 0 saturated heterocycles. The lowest BCUT2D eigenvalue weighted by molar-refractivity contribution is 0.0917. The van der Waals surface area contributed by atoms with Crippen LogP contribution in [0.15, 0.2) is 16.5 Å². The zero-order chi connectivity index (χ0) is 12.0. The number of carbonyl (C=O) groups is 1. The molecule has 0 aromatic carbocycles. The van der Waals surface area contributed by atoms with Crippen LogP contribution in [0, 0.1) is 12.8 Å². The molecule has 0 aliphatic carbocycles. The first-order valence-electron chi connectivity index (χ1n) is 5.72. The Kier molecular flexibility index (Phi) is 5.05. The number of hydrogen-bond donors (Lipinski definition) is 2. The van der Waals surface area contributed by atoms with Crippen molar-refractivity contribution in [2.75, 3.05) is 13.1 Å². The van der Waals surface area contributed by atoms with Crippen molar-refractivity contribution in [3.8, 4) is 0 Å². The Morgan fingerprint density at radius 1 is 1.56 bits per heavy atom. The second kappa shape index (κ2) is 6.33. The molecule has 0 radical (unpaired) electrons. The number of aryl methyl sites for hydroxylation is 1. The number of nitrogens with two attached hydrogens (primary N) is 1. The van der Waals surface area contributed by atoms with Gasteiger partial charge in [-0.05, 0) is 37.9 Å². The molecular weight excluding hydrogens is 204 g/mol. The van der Waals surface area contributed by atoms with E-state index in [2.05, 4.69) is 12.2 Å². The minimum atomic E-state index is -0.149. The van der Waals surface area contributed by atoms with Crippen molar-refractivity contribution in [3.05, 3.63) is 23.7 Å². The van der Waals surface area contributed by atoms with E-state index in [0.717, 1.165) is 18.6 Å². The number of amides is 1. The third-order valence-corrected chi connectivity index (χ3v) is 2.67. The quantitative estimate of drug-likeness (QED) is 0.772. The normalized spacial score (nSPS) is 12.4. The Hall–Kier alpha value is -1.29. The van der Waals surface area contributed by atoms with Crippen molar-refractivity contribution >= 4 is 5.91 Å². The summed E-state index contributed by atoms with van der Waals surface area (Å²) >= 11 is 0. The van der Waals surface area contributed by atoms with Gasteiger partial charge in [-0.15, -0.1) is 0 Å². The van der Waals surface area contributed by atoms with Crippen LogP contribution >= 0.6 is 0 Å². The first-order valence-corrected chi connectivity index (χ1v) is 5.72. The molecule has 0 aliphatic rings. The Bertz CT molecular complexity index is 334. The summed E-state index contributed by atoms with van der Waals surface area (Å²) in [6.45, 7) is 5.24. The highest BCUT2D eigenvalue weighted by molar-refractivity contribution is 5.91. The highest BCUT2D eigenvalue weighted by Crippen LogP contribution is 2.08. The van der Waals surface area contributed by atoms with Crippen molar-refractivity contribution in [2.24, 2.45) is 11.7 Å². The second-order valence-corrected chi connectivity index (χ2v) is 3.97. The minimum Gasteiger partial charge on any atom is -0.456 e. The predicted octanol–water partition coefficient (Wildman–Crippen LogP) is 1.69. The van der Waals surface area contributed by atoms with Gasteiger partial charge < -0.3 is 15.5 Å². The summed E-state index contributed by atoms with van der Waals surface area (Å²) in [4.78, 5) is 11.6. The molecule has 1 amide bonds. The summed E-state index contributed by atoms with van der Waals surface area (Å²) < 4.78 is 5.23. The Labute approximate surface area is 96.2 Å². The summed E-state index contributed by atoms with van der Waals surface area (Å²) in [6.07, 6.45) is 1.96. The standard InChI is InChI=1S/C12H20N2O2/c1-3-10(6-7-13)8-14-12(15)11-5-4-9(2)16-11/h4-5,10H,3,6-8,13H2,1-2H3,(H,14,15). The van der Waals surface area contributed by atoms with Crippen molar-refractivity contribution in [3.63, 3.8) is 0 Å². The molecular formula is C12H20N2O2. The van der Waals surface area contributed by atoms with Gasteiger partial charge in [-0.2, -0.15) is 0 Å². The maximum atomic E-state index is 11.6. The molecule has 1 heterocycles. The number of carbonyl (C=O) groups excluding carboxylic acids is 1. The molecule has 0 fully saturated rings. The van der Waals surface area contributed by atoms with Crippen LogP contribution in [0.4, 0.5) is 0 Å². The SMILES string of the molecule is CCC(CCN)CNC(=O)c1ccc(C)o1. The van der Waals surface area contributed by atoms with Gasteiger partial charge >= 0.3 is 0 Å². The molecule has 1 aromatic rings. The average molecular weight is 224 g/mol. The van der Waals surface area contributed by atoms with Gasteiger partial charge in [0.2, 0.25) is 0 Å². The van der Waals surface area contributed by atoms with E-state index < -0.39 is 0 Å². The Morgan fingerprint density at radius 2 is 2.31 bits per heavy atom. The van der Waals surface area contributed by atoms with E-state index in [1.165, 1.54) is 0 Å². The van der Waals surface area contributed by atoms with Crippen molar-refractivity contribution in [2.45, 2.75) is 26.7 Å². The molecule has 3 N–H and O–H groups in total. The van der Waals surface area contributed by atoms with Gasteiger partial charge in [0.1, 0.15) is 5.76 Å². The summed E-state index contributed by atoms with van der Waals surface area (Å²) in [5.41, 5.74) is 5.49. The maximum absolute atomic E-state index is 11.6. The predicted molar refractivity (Wildman–Crippen MR) is 63.2 cm³/mol. The van der Waals surface area contributed by atoms with E-state index in [9.17, 15) is 4.79 Å². The second-order valence-electron chi connectivity index (χ2n) is 3.97. The fourth-order valence-electron chi connectivity index (χ4n) is 1.57. The van der Waals surface area contributed by atoms with Crippen LogP contribution in [0.25, 0.3) is 0 Å². The summed E-state index contributed by atoms with van der Waals surface area (Å²) in [5, 5.41) is 2.86. The third kappa shape index (κ3) is 3.70. The minimum absolute atomic E-state index is 0.149. The van der Waals surface area contributed by atoms with Crippen LogP contribution in [0.1, 0.15) is 36.1 Å². The molecule has 1 unspecified atom stereocenters. The largest absolute Gasteiger partial charge is 0.456 e. The van der Waals surface area contributed by atoms with Gasteiger partial charge in [0.25, 0.3) is 5.91 Å². The van der Waals surface area contributed by atoms with Crippen LogP contribution in [-0.4, -0.2) is 19.0 Å². The number of furan rings is 1. The van der Waals surface area contributed by atoms with Crippen LogP contribution in [0.2, 0.25) is 0 Å². The Morgan fingerprint density at radius 3 is 2.81 bits per heavy atom. The van der Waals surface area contributed by atoms with Gasteiger partial charge in [-0.3, -0.25) is 4.79 Å². The molecule has 4 nitrogen and oxygen atoms in total. The molecule has 0 bridgehead atoms. The van der Waals surface area contributed by atoms with Gasteiger partial charge in [-0.1, -0.05) is 13.3 Å². The van der Waals surface area contributed by atoms with E-state index in [1.54, 1.807) is 12.1 Å². The fourth-order valence-corrected chi connectivity index (χ4v) is 1.57. The molecule has 1 aromatic heterocycles. The zero-order valence-corrected chi connectivity index (χ0v) is 9.95. The van der Waals surface area contributed by atoms with E-state index >= 15 is 0 Å². The fraction of sp³-hybridized carbons (Fsp3) is 0.583. The van der Waals surface area contributed by atoms with Crippen LogP contribution in [-0.2, 0) is 0 Å². The topological polar surface area (TPSA) is 68.3 Å². The lowest BCUT2D eigenvalue weighted by Gasteiger charge is -2.13. The van der Waals surface area contributed by atoms with Gasteiger partial charge in [-0.25, -0.2) is 0 Å². The summed E-state index contributed by atoms with van der Waals surface area (Å²) in [6, 6.07) is 3.47. The Balaban J connectivity index is 2.40. The van der Waals surface area contributed by atoms with Crippen molar-refractivity contribution in [1.82, 2.24) is 5.32 Å². The molecule has 16 heavy (non-hydrogen) atoms. The summed E-state index contributed by atoms with van der Waals surface area (Å²) in [7, 11) is 0. The number of rotatable bonds is 6. The average Bonchev–Trinajstić information content (AvgIpc) is 2.70.